The molecule has 0 spiro atoms. The Labute approximate surface area is 251 Å². The van der Waals surface area contributed by atoms with E-state index in [1.165, 1.54) is 24.7 Å². The van der Waals surface area contributed by atoms with E-state index in [2.05, 4.69) is 18.5 Å². The highest BCUT2D eigenvalue weighted by Crippen LogP contribution is 2.37. The maximum atomic E-state index is 14.3. The third-order valence-corrected chi connectivity index (χ3v) is 8.25. The van der Waals surface area contributed by atoms with Gasteiger partial charge in [-0.05, 0) is 37.1 Å². The summed E-state index contributed by atoms with van der Waals surface area (Å²) in [6.07, 6.45) is 3.17. The molecule has 2 aromatic carbocycles. The van der Waals surface area contributed by atoms with Crippen LogP contribution in [0.1, 0.15) is 50.8 Å². The number of methoxy groups -OCH3 is 1. The fraction of sp³-hybridized carbons (Fsp3) is 0.281. The van der Waals surface area contributed by atoms with Crippen molar-refractivity contribution >= 4 is 40.4 Å². The lowest BCUT2D eigenvalue weighted by Gasteiger charge is -2.25. The predicted octanol–water partition coefficient (Wildman–Crippen LogP) is 3.42. The summed E-state index contributed by atoms with van der Waals surface area (Å²) in [4.78, 5) is 59.9. The zero-order valence-corrected chi connectivity index (χ0v) is 25.2. The average Bonchev–Trinajstić information content (AvgIpc) is 3.45. The average molecular weight is 602 g/mol. The maximum absolute atomic E-state index is 14.3. The number of para-hydroxylation sites is 1. The number of nitrogens with zero attached hydrogens (tertiary/aromatic N) is 3. The standard InChI is InChI=1S/C32H31N3O7S/c1-6-8-15-34-22-12-10-9-11-21(22)26(29(34)37)28-30(38)35-27(20-13-14-23(42-19(4)36)24(17-20)40-5)25(31(39)41-16-7-2)18(3)33-32(35)43-28/h7,9-14,17,27H,2,6,8,15-16H2,1,3-5H3/b28-26-. The van der Waals surface area contributed by atoms with E-state index in [0.717, 1.165) is 29.9 Å². The highest BCUT2D eigenvalue weighted by atomic mass is 32.1. The van der Waals surface area contributed by atoms with Crippen molar-refractivity contribution in [2.75, 3.05) is 25.2 Å². The van der Waals surface area contributed by atoms with Crippen molar-refractivity contribution < 1.29 is 28.6 Å². The van der Waals surface area contributed by atoms with Crippen LogP contribution in [0, 0.1) is 0 Å². The van der Waals surface area contributed by atoms with Gasteiger partial charge in [0.15, 0.2) is 16.3 Å². The van der Waals surface area contributed by atoms with Crippen LogP contribution in [-0.4, -0.2) is 42.7 Å². The molecule has 2 aliphatic rings. The number of aromatic nitrogens is 1. The first kappa shape index (κ1) is 29.7. The number of hydrogen-bond donors (Lipinski definition) is 0. The van der Waals surface area contributed by atoms with E-state index < -0.39 is 23.5 Å². The summed E-state index contributed by atoms with van der Waals surface area (Å²) in [5, 5.41) is 0. The zero-order chi connectivity index (χ0) is 30.8. The molecule has 1 atom stereocenters. The van der Waals surface area contributed by atoms with E-state index in [1.807, 2.05) is 24.3 Å². The number of carbonyl (C=O) groups excluding carboxylic acids is 3. The monoisotopic (exact) mass is 601 g/mol. The summed E-state index contributed by atoms with van der Waals surface area (Å²) in [7, 11) is 1.42. The molecular weight excluding hydrogens is 570 g/mol. The Bertz CT molecular complexity index is 1870. The Morgan fingerprint density at radius 1 is 1.14 bits per heavy atom. The van der Waals surface area contributed by atoms with Crippen molar-refractivity contribution in [2.24, 2.45) is 4.99 Å². The van der Waals surface area contributed by atoms with E-state index in [1.54, 1.807) is 30.0 Å². The lowest BCUT2D eigenvalue weighted by molar-refractivity contribution is -0.138. The minimum atomic E-state index is -0.967. The van der Waals surface area contributed by atoms with Gasteiger partial charge in [-0.25, -0.2) is 9.79 Å². The van der Waals surface area contributed by atoms with Crippen molar-refractivity contribution in [1.29, 1.82) is 0 Å². The number of unbranched alkanes of at least 4 members (excludes halogenated alkanes) is 1. The minimum Gasteiger partial charge on any atom is -0.493 e. The molecule has 0 saturated carbocycles. The molecular formula is C32H31N3O7S. The van der Waals surface area contributed by atoms with Gasteiger partial charge < -0.3 is 19.1 Å². The number of benzene rings is 2. The Morgan fingerprint density at radius 3 is 2.60 bits per heavy atom. The molecule has 0 fully saturated rings. The second-order valence-electron chi connectivity index (χ2n) is 10.00. The smallest absolute Gasteiger partial charge is 0.338 e. The van der Waals surface area contributed by atoms with Gasteiger partial charge in [-0.1, -0.05) is 61.6 Å². The minimum absolute atomic E-state index is 0.0372. The Kier molecular flexibility index (Phi) is 8.45. The summed E-state index contributed by atoms with van der Waals surface area (Å²) < 4.78 is 17.8. The molecule has 1 unspecified atom stereocenters. The van der Waals surface area contributed by atoms with Gasteiger partial charge in [-0.3, -0.25) is 19.0 Å². The topological polar surface area (TPSA) is 117 Å². The number of esters is 2. The summed E-state index contributed by atoms with van der Waals surface area (Å²) >= 11 is 1.10. The van der Waals surface area contributed by atoms with Crippen LogP contribution in [0.5, 0.6) is 11.5 Å². The lowest BCUT2D eigenvalue weighted by atomic mass is 9.95. The number of rotatable bonds is 9. The van der Waals surface area contributed by atoms with Crippen LogP contribution in [0.15, 0.2) is 76.2 Å². The number of carbonyl (C=O) groups is 3. The van der Waals surface area contributed by atoms with Crippen molar-refractivity contribution in [1.82, 2.24) is 4.57 Å². The molecule has 2 aliphatic heterocycles. The van der Waals surface area contributed by atoms with Gasteiger partial charge in [0.1, 0.15) is 11.1 Å². The zero-order valence-electron chi connectivity index (χ0n) is 24.3. The highest BCUT2D eigenvalue weighted by Gasteiger charge is 2.37. The number of amides is 1. The second kappa shape index (κ2) is 12.2. The van der Waals surface area contributed by atoms with Crippen molar-refractivity contribution in [2.45, 2.75) is 39.7 Å². The number of fused-ring (bicyclic) bond motifs is 2. The number of allylic oxidation sites excluding steroid dienone is 1. The quantitative estimate of drug-likeness (QED) is 0.210. The van der Waals surface area contributed by atoms with Gasteiger partial charge in [-0.15, -0.1) is 0 Å². The van der Waals surface area contributed by atoms with Crippen LogP contribution >= 0.6 is 11.3 Å². The van der Waals surface area contributed by atoms with Crippen molar-refractivity contribution in [3.8, 4) is 11.5 Å². The molecule has 0 aliphatic carbocycles. The Morgan fingerprint density at radius 2 is 1.91 bits per heavy atom. The molecule has 1 amide bonds. The van der Waals surface area contributed by atoms with Crippen molar-refractivity contribution in [3.05, 3.63) is 97.2 Å². The molecule has 0 bridgehead atoms. The van der Waals surface area contributed by atoms with E-state index in [0.29, 0.717) is 33.7 Å². The summed E-state index contributed by atoms with van der Waals surface area (Å²) in [5.74, 6) is -1.02. The number of ether oxygens (including phenoxy) is 3. The number of hydrogen-bond acceptors (Lipinski definition) is 9. The molecule has 0 N–H and O–H groups in total. The van der Waals surface area contributed by atoms with Crippen LogP contribution in [0.4, 0.5) is 5.69 Å². The molecule has 1 aromatic heterocycles. The van der Waals surface area contributed by atoms with Crippen LogP contribution in [0.25, 0.3) is 5.57 Å². The Balaban J connectivity index is 1.77. The molecule has 222 valence electrons. The molecule has 0 radical (unpaired) electrons. The van der Waals surface area contributed by atoms with E-state index >= 15 is 0 Å². The molecule has 3 heterocycles. The molecule has 5 rings (SSSR count). The van der Waals surface area contributed by atoms with E-state index in [-0.39, 0.29) is 34.1 Å². The van der Waals surface area contributed by atoms with Gasteiger partial charge in [0, 0.05) is 19.0 Å². The van der Waals surface area contributed by atoms with Gasteiger partial charge >= 0.3 is 11.9 Å². The SMILES string of the molecule is C=CCOC(=O)C1=C(C)N=c2s/c(=C3\C(=O)N(CCCC)c4ccccc43)c(=O)n2C1c1ccc(OC(C)=O)c(OC)c1. The third-order valence-electron chi connectivity index (χ3n) is 7.19. The maximum Gasteiger partial charge on any atom is 0.338 e. The third kappa shape index (κ3) is 5.32. The number of thiazole rings is 1. The summed E-state index contributed by atoms with van der Waals surface area (Å²) in [6, 6.07) is 11.2. The van der Waals surface area contributed by atoms with E-state index in [9.17, 15) is 19.2 Å². The van der Waals surface area contributed by atoms with E-state index in [4.69, 9.17) is 14.2 Å². The van der Waals surface area contributed by atoms with Crippen molar-refractivity contribution in [3.63, 3.8) is 0 Å². The van der Waals surface area contributed by atoms with Gasteiger partial charge in [0.2, 0.25) is 0 Å². The fourth-order valence-electron chi connectivity index (χ4n) is 5.29. The Hall–Kier alpha value is -4.77. The van der Waals surface area contributed by atoms with Crippen LogP contribution in [-0.2, 0) is 19.1 Å². The van der Waals surface area contributed by atoms with Crippen LogP contribution < -0.4 is 29.3 Å². The summed E-state index contributed by atoms with van der Waals surface area (Å²) in [6.45, 7) is 9.11. The normalized spacial score (nSPS) is 16.8. The van der Waals surface area contributed by atoms with Gasteiger partial charge in [-0.2, -0.15) is 0 Å². The fourth-order valence-corrected chi connectivity index (χ4v) is 6.43. The van der Waals surface area contributed by atoms with Crippen LogP contribution in [0.2, 0.25) is 0 Å². The lowest BCUT2D eigenvalue weighted by Crippen LogP contribution is -2.41. The predicted molar refractivity (Wildman–Crippen MR) is 162 cm³/mol. The van der Waals surface area contributed by atoms with Gasteiger partial charge in [0.05, 0.1) is 35.7 Å². The largest absolute Gasteiger partial charge is 0.493 e. The van der Waals surface area contributed by atoms with Crippen LogP contribution in [0.3, 0.4) is 0 Å². The molecule has 3 aromatic rings. The first-order valence-electron chi connectivity index (χ1n) is 13.8. The molecule has 10 nitrogen and oxygen atoms in total. The highest BCUT2D eigenvalue weighted by molar-refractivity contribution is 7.07. The first-order valence-corrected chi connectivity index (χ1v) is 14.6. The molecule has 0 saturated heterocycles. The second-order valence-corrected chi connectivity index (χ2v) is 11.0. The molecule has 43 heavy (non-hydrogen) atoms. The number of anilines is 1. The molecule has 11 heteroatoms. The first-order chi connectivity index (χ1) is 20.7. The van der Waals surface area contributed by atoms with Gasteiger partial charge in [0.25, 0.3) is 11.5 Å². The summed E-state index contributed by atoms with van der Waals surface area (Å²) in [5.41, 5.74) is 2.29.